The molecule has 0 saturated carbocycles. The molecule has 0 aliphatic rings. The number of halogens is 2. The third kappa shape index (κ3) is 9.89. The molecule has 2 radical (unpaired) electrons. The van der Waals surface area contributed by atoms with E-state index in [0.717, 1.165) is 9.52 Å². The molecule has 0 saturated heterocycles. The molecule has 4 heteroatoms. The molecule has 6 aromatic rings. The summed E-state index contributed by atoms with van der Waals surface area (Å²) >= 11 is -0.826. The van der Waals surface area contributed by atoms with Crippen LogP contribution in [-0.4, -0.2) is 9.52 Å². The molecule has 44 heavy (non-hydrogen) atoms. The number of hydrogen-bond donors (Lipinski definition) is 0. The minimum absolute atomic E-state index is 0.826. The van der Waals surface area contributed by atoms with Gasteiger partial charge < -0.3 is 0 Å². The fourth-order valence-electron chi connectivity index (χ4n) is 5.68. The molecule has 0 atom stereocenters. The summed E-state index contributed by atoms with van der Waals surface area (Å²) in [7, 11) is 11.0. The second-order valence-electron chi connectivity index (χ2n) is 11.0. The van der Waals surface area contributed by atoms with Gasteiger partial charge in [0.05, 0.1) is 0 Å². The van der Waals surface area contributed by atoms with Crippen molar-refractivity contribution in [3.05, 3.63) is 131 Å². The van der Waals surface area contributed by atoms with Gasteiger partial charge in [-0.25, -0.2) is 0 Å². The summed E-state index contributed by atoms with van der Waals surface area (Å²) in [6.07, 6.45) is 4.75. The second-order valence-corrected chi connectivity index (χ2v) is 15.8. The Kier molecular flexibility index (Phi) is 15.9. The molecule has 0 aliphatic heterocycles. The van der Waals surface area contributed by atoms with E-state index >= 15 is 0 Å². The Balaban J connectivity index is 0.000000204. The predicted molar refractivity (Wildman–Crippen MR) is 197 cm³/mol. The van der Waals surface area contributed by atoms with Crippen molar-refractivity contribution in [3.63, 3.8) is 0 Å². The number of aryl methyl sites for hydroxylation is 4. The van der Waals surface area contributed by atoms with E-state index in [1.807, 2.05) is 0 Å². The van der Waals surface area contributed by atoms with Gasteiger partial charge in [0.25, 0.3) is 0 Å². The van der Waals surface area contributed by atoms with Crippen LogP contribution in [0.2, 0.25) is 13.1 Å². The van der Waals surface area contributed by atoms with Gasteiger partial charge in [-0.05, 0) is 48.9 Å². The van der Waals surface area contributed by atoms with E-state index in [4.69, 9.17) is 17.0 Å². The van der Waals surface area contributed by atoms with Crippen LogP contribution in [0.4, 0.5) is 0 Å². The van der Waals surface area contributed by atoms with E-state index in [1.165, 1.54) is 91.7 Å². The number of fused-ring (bicyclic) bond motifs is 2. The van der Waals surface area contributed by atoms with Crippen molar-refractivity contribution >= 4 is 48.1 Å². The third-order valence-electron chi connectivity index (χ3n) is 7.57. The van der Waals surface area contributed by atoms with E-state index in [9.17, 15) is 0 Å². The monoisotopic (exact) mass is 712 g/mol. The summed E-state index contributed by atoms with van der Waals surface area (Å²) in [5, 5.41) is 5.51. The Morgan fingerprint density at radius 3 is 1.25 bits per heavy atom. The molecule has 0 spiro atoms. The van der Waals surface area contributed by atoms with Crippen LogP contribution in [0, 0.1) is 13.8 Å². The summed E-state index contributed by atoms with van der Waals surface area (Å²) in [6, 6.07) is 39.9. The van der Waals surface area contributed by atoms with Crippen LogP contribution in [0.25, 0.3) is 43.8 Å². The van der Waals surface area contributed by atoms with Gasteiger partial charge in [0, 0.05) is 9.52 Å². The Morgan fingerprint density at radius 2 is 0.909 bits per heavy atom. The van der Waals surface area contributed by atoms with Crippen LogP contribution in [-0.2, 0) is 33.7 Å². The molecule has 6 rings (SSSR count). The molecular formula is C40H44Cl2SiZr. The number of benzene rings is 4. The van der Waals surface area contributed by atoms with E-state index < -0.39 is 20.8 Å². The molecule has 0 N–H and O–H groups in total. The number of hydrogen-bond acceptors (Lipinski definition) is 0. The molecule has 0 amide bonds. The van der Waals surface area contributed by atoms with Gasteiger partial charge in [-0.2, -0.15) is 12.1 Å². The van der Waals surface area contributed by atoms with Crippen molar-refractivity contribution in [2.45, 2.75) is 66.5 Å². The Hall–Kier alpha value is -2.22. The van der Waals surface area contributed by atoms with Crippen LogP contribution >= 0.6 is 17.0 Å². The number of rotatable bonds is 6. The first-order valence-corrected chi connectivity index (χ1v) is 23.8. The van der Waals surface area contributed by atoms with Gasteiger partial charge in [0.15, 0.2) is 0 Å². The Morgan fingerprint density at radius 1 is 0.568 bits per heavy atom. The first-order valence-electron chi connectivity index (χ1n) is 15.5. The summed E-state index contributed by atoms with van der Waals surface area (Å²) in [4.78, 5) is 0. The van der Waals surface area contributed by atoms with Crippen LogP contribution in [0.5, 0.6) is 0 Å². The zero-order valence-electron chi connectivity index (χ0n) is 27.0. The van der Waals surface area contributed by atoms with E-state index in [1.54, 1.807) is 0 Å². The zero-order valence-corrected chi connectivity index (χ0v) is 31.9. The van der Waals surface area contributed by atoms with Gasteiger partial charge in [-0.15, -0.1) is 69.1 Å². The summed E-state index contributed by atoms with van der Waals surface area (Å²) in [5.74, 6) is 0. The molecule has 0 heterocycles. The fraction of sp³-hybridized carbons (Fsp3) is 0.250. The van der Waals surface area contributed by atoms with Crippen LogP contribution in [0.1, 0.15) is 48.9 Å². The molecule has 0 aliphatic carbocycles. The van der Waals surface area contributed by atoms with Gasteiger partial charge in [-0.3, -0.25) is 0 Å². The van der Waals surface area contributed by atoms with Crippen molar-refractivity contribution in [1.29, 1.82) is 0 Å². The van der Waals surface area contributed by atoms with Crippen molar-refractivity contribution in [1.82, 2.24) is 0 Å². The maximum absolute atomic E-state index is 4.93. The quantitative estimate of drug-likeness (QED) is 0.119. The normalized spacial score (nSPS) is 10.2. The third-order valence-corrected chi connectivity index (χ3v) is 7.57. The summed E-state index contributed by atoms with van der Waals surface area (Å²) < 4.78 is 0. The van der Waals surface area contributed by atoms with Crippen molar-refractivity contribution in [2.24, 2.45) is 0 Å². The maximum atomic E-state index is 4.93. The average molecular weight is 715 g/mol. The van der Waals surface area contributed by atoms with E-state index in [2.05, 4.69) is 150 Å². The van der Waals surface area contributed by atoms with Crippen molar-refractivity contribution in [3.8, 4) is 22.3 Å². The Labute approximate surface area is 287 Å². The standard InChI is InChI=1S/2C19H19.C2H6Si.2ClH.Zr/c2*1-3-7-15-12-16-9-6-11-18(19(16)13-15)17-10-5-4-8-14(17)2;1-3-2;;;/h2*4-6,8-13H,3,7H2,1-2H3;1-2H3;2*1H;/q2*-1;;;;+4/p-2. The van der Waals surface area contributed by atoms with Gasteiger partial charge in [0.1, 0.15) is 0 Å². The molecule has 0 aromatic heterocycles. The van der Waals surface area contributed by atoms with E-state index in [0.29, 0.717) is 0 Å². The van der Waals surface area contributed by atoms with Crippen LogP contribution in [0.3, 0.4) is 0 Å². The van der Waals surface area contributed by atoms with Crippen LogP contribution in [0.15, 0.2) is 109 Å². The second kappa shape index (κ2) is 19.3. The first kappa shape index (κ1) is 36.3. The Bertz CT molecular complexity index is 1580. The SMILES string of the molecule is CCCc1cc2c(-c3ccccc3C)cccc2[cH-]1.CCCc1cc2c(-c3ccccc3C)cccc2[cH-]1.C[Si]C.[Cl][Zr+2][Cl]. The topological polar surface area (TPSA) is 0 Å². The average Bonchev–Trinajstić information content (AvgIpc) is 3.63. The van der Waals surface area contributed by atoms with Gasteiger partial charge in [-0.1, -0.05) is 112 Å². The summed E-state index contributed by atoms with van der Waals surface area (Å²) in [6.45, 7) is 13.1. The molecule has 0 bridgehead atoms. The van der Waals surface area contributed by atoms with Gasteiger partial charge in [0.2, 0.25) is 0 Å². The molecule has 226 valence electrons. The molecule has 6 aromatic carbocycles. The van der Waals surface area contributed by atoms with Crippen LogP contribution < -0.4 is 0 Å². The zero-order chi connectivity index (χ0) is 31.9. The van der Waals surface area contributed by atoms with Crippen molar-refractivity contribution < 1.29 is 20.8 Å². The molecule has 0 fully saturated rings. The molecule has 0 nitrogen and oxygen atoms in total. The minimum atomic E-state index is -0.826. The molecular weight excluding hydrogens is 671 g/mol. The van der Waals surface area contributed by atoms with Crippen molar-refractivity contribution in [2.75, 3.05) is 0 Å². The van der Waals surface area contributed by atoms with Gasteiger partial charge >= 0.3 is 37.9 Å². The first-order chi connectivity index (χ1) is 21.4. The predicted octanol–water partition coefficient (Wildman–Crippen LogP) is 13.1. The summed E-state index contributed by atoms with van der Waals surface area (Å²) in [5.41, 5.74) is 11.0. The molecule has 0 unspecified atom stereocenters. The van der Waals surface area contributed by atoms with E-state index in [-0.39, 0.29) is 0 Å². The fourth-order valence-corrected chi connectivity index (χ4v) is 5.68.